The van der Waals surface area contributed by atoms with E-state index in [0.29, 0.717) is 5.75 Å². The van der Waals surface area contributed by atoms with Crippen molar-refractivity contribution in [3.63, 3.8) is 0 Å². The summed E-state index contributed by atoms with van der Waals surface area (Å²) in [7, 11) is 0. The van der Waals surface area contributed by atoms with Crippen molar-refractivity contribution >= 4 is 5.69 Å². The van der Waals surface area contributed by atoms with Gasteiger partial charge in [-0.1, -0.05) is 18.2 Å². The minimum atomic E-state index is 0.351. The molecule has 62 valence electrons. The van der Waals surface area contributed by atoms with Gasteiger partial charge < -0.3 is 10.0 Å². The minimum absolute atomic E-state index is 0.351. The van der Waals surface area contributed by atoms with E-state index < -0.39 is 0 Å². The Morgan fingerprint density at radius 1 is 1.25 bits per heavy atom. The maximum atomic E-state index is 9.50. The van der Waals surface area contributed by atoms with Gasteiger partial charge in [0.25, 0.3) is 0 Å². The van der Waals surface area contributed by atoms with Crippen molar-refractivity contribution in [1.29, 1.82) is 0 Å². The third-order valence-electron chi connectivity index (χ3n) is 2.01. The van der Waals surface area contributed by atoms with Crippen molar-refractivity contribution in [3.05, 3.63) is 36.5 Å². The maximum absolute atomic E-state index is 9.50. The summed E-state index contributed by atoms with van der Waals surface area (Å²) >= 11 is 0. The number of phenolic OH excluding ortho intramolecular Hbond substituents is 1. The molecule has 0 aromatic heterocycles. The molecule has 12 heavy (non-hydrogen) atoms. The van der Waals surface area contributed by atoms with Crippen LogP contribution < -0.4 is 4.90 Å². The van der Waals surface area contributed by atoms with E-state index in [1.807, 2.05) is 24.4 Å². The molecule has 1 aliphatic rings. The summed E-state index contributed by atoms with van der Waals surface area (Å²) in [5.41, 5.74) is 0.895. The number of benzene rings is 1. The van der Waals surface area contributed by atoms with Crippen LogP contribution in [0.3, 0.4) is 0 Å². The van der Waals surface area contributed by atoms with E-state index in [4.69, 9.17) is 0 Å². The Kier molecular flexibility index (Phi) is 1.74. The van der Waals surface area contributed by atoms with E-state index in [0.717, 1.165) is 18.7 Å². The SMILES string of the molecule is Oc1ccccc1N1C=CCC1. The van der Waals surface area contributed by atoms with Crippen molar-refractivity contribution in [2.75, 3.05) is 11.4 Å². The third-order valence-corrected chi connectivity index (χ3v) is 2.01. The van der Waals surface area contributed by atoms with Crippen molar-refractivity contribution in [3.8, 4) is 5.75 Å². The molecule has 0 bridgehead atoms. The lowest BCUT2D eigenvalue weighted by atomic mass is 10.3. The van der Waals surface area contributed by atoms with Gasteiger partial charge in [-0.25, -0.2) is 0 Å². The number of phenols is 1. The molecular formula is C10H11NO. The zero-order valence-electron chi connectivity index (χ0n) is 6.77. The van der Waals surface area contributed by atoms with E-state index >= 15 is 0 Å². The number of aromatic hydroxyl groups is 1. The van der Waals surface area contributed by atoms with Crippen LogP contribution in [0.25, 0.3) is 0 Å². The summed E-state index contributed by atoms with van der Waals surface area (Å²) in [6.45, 7) is 0.970. The lowest BCUT2D eigenvalue weighted by molar-refractivity contribution is 0.475. The molecule has 2 nitrogen and oxygen atoms in total. The van der Waals surface area contributed by atoms with Crippen LogP contribution in [-0.4, -0.2) is 11.7 Å². The summed E-state index contributed by atoms with van der Waals surface area (Å²) in [5, 5.41) is 9.50. The average molecular weight is 161 g/mol. The Balaban J connectivity index is 2.33. The lowest BCUT2D eigenvalue weighted by Gasteiger charge is -2.16. The second-order valence-electron chi connectivity index (χ2n) is 2.86. The van der Waals surface area contributed by atoms with Crippen LogP contribution in [-0.2, 0) is 0 Å². The van der Waals surface area contributed by atoms with E-state index in [-0.39, 0.29) is 0 Å². The fraction of sp³-hybridized carbons (Fsp3) is 0.200. The quantitative estimate of drug-likeness (QED) is 0.682. The molecule has 0 spiro atoms. The molecule has 1 aromatic rings. The van der Waals surface area contributed by atoms with Gasteiger partial charge in [-0.3, -0.25) is 0 Å². The topological polar surface area (TPSA) is 23.5 Å². The van der Waals surface area contributed by atoms with Gasteiger partial charge >= 0.3 is 0 Å². The van der Waals surface area contributed by atoms with E-state index in [2.05, 4.69) is 11.0 Å². The molecule has 0 atom stereocenters. The number of rotatable bonds is 1. The number of nitrogens with zero attached hydrogens (tertiary/aromatic N) is 1. The summed E-state index contributed by atoms with van der Waals surface area (Å²) in [5.74, 6) is 0.351. The van der Waals surface area contributed by atoms with Crippen LogP contribution in [0.1, 0.15) is 6.42 Å². The molecule has 1 heterocycles. The molecule has 1 N–H and O–H groups in total. The van der Waals surface area contributed by atoms with Crippen molar-refractivity contribution < 1.29 is 5.11 Å². The molecular weight excluding hydrogens is 150 g/mol. The molecule has 0 radical (unpaired) electrons. The fourth-order valence-corrected chi connectivity index (χ4v) is 1.40. The summed E-state index contributed by atoms with van der Waals surface area (Å²) in [6, 6.07) is 7.40. The number of hydrogen-bond acceptors (Lipinski definition) is 2. The first-order chi connectivity index (χ1) is 5.88. The summed E-state index contributed by atoms with van der Waals surface area (Å²) < 4.78 is 0. The molecule has 0 aliphatic carbocycles. The smallest absolute Gasteiger partial charge is 0.139 e. The largest absolute Gasteiger partial charge is 0.506 e. The average Bonchev–Trinajstić information content (AvgIpc) is 2.57. The molecule has 0 unspecified atom stereocenters. The highest BCUT2D eigenvalue weighted by Gasteiger charge is 2.09. The van der Waals surface area contributed by atoms with Crippen molar-refractivity contribution in [2.24, 2.45) is 0 Å². The van der Waals surface area contributed by atoms with Crippen LogP contribution in [0.4, 0.5) is 5.69 Å². The van der Waals surface area contributed by atoms with Crippen LogP contribution in [0.2, 0.25) is 0 Å². The van der Waals surface area contributed by atoms with E-state index in [9.17, 15) is 5.11 Å². The van der Waals surface area contributed by atoms with Gasteiger partial charge in [-0.05, 0) is 18.6 Å². The van der Waals surface area contributed by atoms with Gasteiger partial charge in [-0.15, -0.1) is 0 Å². The van der Waals surface area contributed by atoms with Crippen molar-refractivity contribution in [2.45, 2.75) is 6.42 Å². The highest BCUT2D eigenvalue weighted by Crippen LogP contribution is 2.28. The Morgan fingerprint density at radius 3 is 2.75 bits per heavy atom. The lowest BCUT2D eigenvalue weighted by Crippen LogP contribution is -2.11. The van der Waals surface area contributed by atoms with Crippen LogP contribution in [0, 0.1) is 0 Å². The van der Waals surface area contributed by atoms with Gasteiger partial charge in [0.2, 0.25) is 0 Å². The molecule has 0 saturated carbocycles. The Morgan fingerprint density at radius 2 is 2.08 bits per heavy atom. The van der Waals surface area contributed by atoms with Gasteiger partial charge in [0.15, 0.2) is 0 Å². The normalized spacial score (nSPS) is 15.5. The minimum Gasteiger partial charge on any atom is -0.506 e. The molecule has 2 heteroatoms. The number of anilines is 1. The first-order valence-corrected chi connectivity index (χ1v) is 4.09. The van der Waals surface area contributed by atoms with Gasteiger partial charge in [0, 0.05) is 12.7 Å². The highest BCUT2D eigenvalue weighted by molar-refractivity contribution is 5.60. The molecule has 0 saturated heterocycles. The van der Waals surface area contributed by atoms with Crippen LogP contribution in [0.15, 0.2) is 36.5 Å². The van der Waals surface area contributed by atoms with Crippen LogP contribution in [0.5, 0.6) is 5.75 Å². The molecule has 0 amide bonds. The van der Waals surface area contributed by atoms with E-state index in [1.54, 1.807) is 6.07 Å². The standard InChI is InChI=1S/C10H11NO/c12-10-6-2-1-5-9(10)11-7-3-4-8-11/h1-3,5-7,12H,4,8H2. The Hall–Kier alpha value is -1.44. The van der Waals surface area contributed by atoms with E-state index in [1.165, 1.54) is 0 Å². The molecule has 1 aromatic carbocycles. The van der Waals surface area contributed by atoms with Gasteiger partial charge in [0.1, 0.15) is 5.75 Å². The monoisotopic (exact) mass is 161 g/mol. The summed E-state index contributed by atoms with van der Waals surface area (Å²) in [6.07, 6.45) is 5.18. The molecule has 2 rings (SSSR count). The first-order valence-electron chi connectivity index (χ1n) is 4.09. The van der Waals surface area contributed by atoms with Crippen LogP contribution >= 0.6 is 0 Å². The second-order valence-corrected chi connectivity index (χ2v) is 2.86. The maximum Gasteiger partial charge on any atom is 0.139 e. The number of para-hydroxylation sites is 2. The predicted molar refractivity (Wildman–Crippen MR) is 49.2 cm³/mol. The fourth-order valence-electron chi connectivity index (χ4n) is 1.40. The first kappa shape index (κ1) is 7.22. The zero-order chi connectivity index (χ0) is 8.39. The predicted octanol–water partition coefficient (Wildman–Crippen LogP) is 2.12. The molecule has 1 aliphatic heterocycles. The van der Waals surface area contributed by atoms with Crippen molar-refractivity contribution in [1.82, 2.24) is 0 Å². The number of hydrogen-bond donors (Lipinski definition) is 1. The summed E-state index contributed by atoms with van der Waals surface area (Å²) in [4.78, 5) is 2.05. The van der Waals surface area contributed by atoms with Gasteiger partial charge in [0.05, 0.1) is 5.69 Å². The molecule has 0 fully saturated rings. The highest BCUT2D eigenvalue weighted by atomic mass is 16.3. The third kappa shape index (κ3) is 1.16. The zero-order valence-corrected chi connectivity index (χ0v) is 6.77. The Labute approximate surface area is 71.7 Å². The Bertz CT molecular complexity index is 306. The van der Waals surface area contributed by atoms with Gasteiger partial charge in [-0.2, -0.15) is 0 Å². The second kappa shape index (κ2) is 2.89.